The molecule has 6 heteroatoms. The molecule has 0 saturated carbocycles. The number of hydrogen-bond acceptors (Lipinski definition) is 5. The number of nitrogens with one attached hydrogen (secondary N) is 1. The van der Waals surface area contributed by atoms with Crippen LogP contribution in [0.15, 0.2) is 36.4 Å². The van der Waals surface area contributed by atoms with Gasteiger partial charge >= 0.3 is 5.97 Å². The summed E-state index contributed by atoms with van der Waals surface area (Å²) in [7, 11) is 3.20. The van der Waals surface area contributed by atoms with Crippen molar-refractivity contribution < 1.29 is 19.4 Å². The molecule has 2 N–H and O–H groups in total. The normalized spacial score (nSPS) is 10.1. The number of carboxylic acids is 1. The van der Waals surface area contributed by atoms with Gasteiger partial charge in [0.1, 0.15) is 5.82 Å². The van der Waals surface area contributed by atoms with Crippen LogP contribution in [-0.2, 0) is 6.42 Å². The third kappa shape index (κ3) is 3.88. The number of aromatic nitrogens is 1. The average molecular weight is 302 g/mol. The zero-order chi connectivity index (χ0) is 15.9. The highest BCUT2D eigenvalue weighted by molar-refractivity contribution is 5.85. The minimum Gasteiger partial charge on any atom is -0.493 e. The van der Waals surface area contributed by atoms with Crippen molar-refractivity contribution in [1.82, 2.24) is 4.98 Å². The molecule has 0 fully saturated rings. The van der Waals surface area contributed by atoms with Crippen LogP contribution in [0.4, 0.5) is 5.82 Å². The van der Waals surface area contributed by atoms with E-state index in [0.717, 1.165) is 12.0 Å². The number of ether oxygens (including phenoxy) is 2. The Hall–Kier alpha value is -2.76. The molecule has 0 unspecified atom stereocenters. The molecular weight excluding hydrogens is 284 g/mol. The first-order valence-corrected chi connectivity index (χ1v) is 6.79. The van der Waals surface area contributed by atoms with Crippen molar-refractivity contribution in [3.63, 3.8) is 0 Å². The Morgan fingerprint density at radius 3 is 2.64 bits per heavy atom. The van der Waals surface area contributed by atoms with Gasteiger partial charge in [-0.3, -0.25) is 0 Å². The molecule has 0 spiro atoms. The maximum atomic E-state index is 10.9. The lowest BCUT2D eigenvalue weighted by molar-refractivity contribution is 0.0690. The van der Waals surface area contributed by atoms with Crippen molar-refractivity contribution in [3.05, 3.63) is 47.7 Å². The second kappa shape index (κ2) is 7.31. The summed E-state index contributed by atoms with van der Waals surface area (Å²) in [6, 6.07) is 10.6. The van der Waals surface area contributed by atoms with Gasteiger partial charge in [0.15, 0.2) is 17.2 Å². The number of anilines is 1. The molecule has 6 nitrogen and oxygen atoms in total. The van der Waals surface area contributed by atoms with Gasteiger partial charge in [0.05, 0.1) is 14.2 Å². The van der Waals surface area contributed by atoms with E-state index in [9.17, 15) is 4.79 Å². The summed E-state index contributed by atoms with van der Waals surface area (Å²) in [6.07, 6.45) is 0.749. The van der Waals surface area contributed by atoms with Gasteiger partial charge in [0.2, 0.25) is 0 Å². The van der Waals surface area contributed by atoms with Crippen LogP contribution in [0.2, 0.25) is 0 Å². The smallest absolute Gasteiger partial charge is 0.354 e. The first kappa shape index (κ1) is 15.6. The Bertz CT molecular complexity index is 658. The van der Waals surface area contributed by atoms with Crippen molar-refractivity contribution >= 4 is 11.8 Å². The summed E-state index contributed by atoms with van der Waals surface area (Å²) < 4.78 is 10.5. The second-order valence-electron chi connectivity index (χ2n) is 4.58. The summed E-state index contributed by atoms with van der Waals surface area (Å²) in [6.45, 7) is 0.631. The van der Waals surface area contributed by atoms with Crippen molar-refractivity contribution in [2.45, 2.75) is 6.42 Å². The van der Waals surface area contributed by atoms with E-state index in [1.807, 2.05) is 18.2 Å². The minimum absolute atomic E-state index is 0.0242. The number of carbonyl (C=O) groups is 1. The van der Waals surface area contributed by atoms with Gasteiger partial charge in [0, 0.05) is 6.54 Å². The van der Waals surface area contributed by atoms with Crippen molar-refractivity contribution in [3.8, 4) is 11.5 Å². The fourth-order valence-electron chi connectivity index (χ4n) is 2.02. The number of carboxylic acid groups (broad SMARTS) is 1. The Morgan fingerprint density at radius 1 is 1.18 bits per heavy atom. The van der Waals surface area contributed by atoms with Gasteiger partial charge in [-0.15, -0.1) is 0 Å². The zero-order valence-corrected chi connectivity index (χ0v) is 12.5. The lowest BCUT2D eigenvalue weighted by Crippen LogP contribution is -2.08. The van der Waals surface area contributed by atoms with Crippen LogP contribution < -0.4 is 14.8 Å². The van der Waals surface area contributed by atoms with Crippen LogP contribution >= 0.6 is 0 Å². The van der Waals surface area contributed by atoms with Gasteiger partial charge in [0.25, 0.3) is 0 Å². The summed E-state index contributed by atoms with van der Waals surface area (Å²) >= 11 is 0. The fourth-order valence-corrected chi connectivity index (χ4v) is 2.02. The Labute approximate surface area is 128 Å². The molecule has 0 bridgehead atoms. The number of pyridine rings is 1. The Balaban J connectivity index is 1.96. The summed E-state index contributed by atoms with van der Waals surface area (Å²) in [5.41, 5.74) is 1.11. The largest absolute Gasteiger partial charge is 0.493 e. The monoisotopic (exact) mass is 302 g/mol. The van der Waals surface area contributed by atoms with E-state index < -0.39 is 5.97 Å². The first-order valence-electron chi connectivity index (χ1n) is 6.79. The van der Waals surface area contributed by atoms with E-state index in [-0.39, 0.29) is 5.69 Å². The quantitative estimate of drug-likeness (QED) is 0.817. The van der Waals surface area contributed by atoms with Crippen molar-refractivity contribution in [2.75, 3.05) is 26.1 Å². The van der Waals surface area contributed by atoms with Crippen LogP contribution in [0, 0.1) is 0 Å². The highest BCUT2D eigenvalue weighted by atomic mass is 16.5. The fraction of sp³-hybridized carbons (Fsp3) is 0.250. The highest BCUT2D eigenvalue weighted by Gasteiger charge is 2.06. The first-order chi connectivity index (χ1) is 10.6. The molecule has 0 saturated heterocycles. The molecule has 1 aromatic carbocycles. The molecule has 0 aliphatic rings. The van der Waals surface area contributed by atoms with Crippen LogP contribution in [-0.4, -0.2) is 36.8 Å². The molecule has 1 aromatic heterocycles. The van der Waals surface area contributed by atoms with E-state index in [2.05, 4.69) is 10.3 Å². The number of rotatable bonds is 7. The maximum absolute atomic E-state index is 10.9. The van der Waals surface area contributed by atoms with E-state index in [4.69, 9.17) is 14.6 Å². The van der Waals surface area contributed by atoms with E-state index in [1.165, 1.54) is 6.07 Å². The number of methoxy groups -OCH3 is 2. The van der Waals surface area contributed by atoms with Gasteiger partial charge in [-0.2, -0.15) is 0 Å². The number of benzene rings is 1. The van der Waals surface area contributed by atoms with E-state index in [1.54, 1.807) is 26.4 Å². The standard InChI is InChI=1S/C16H18N2O4/c1-21-13-7-6-11(10-14(13)22-2)8-9-17-15-5-3-4-12(18-15)16(19)20/h3-7,10H,8-9H2,1-2H3,(H,17,18)(H,19,20). The summed E-state index contributed by atoms with van der Waals surface area (Å²) in [5.74, 6) is 0.880. The SMILES string of the molecule is COc1ccc(CCNc2cccc(C(=O)O)n2)cc1OC. The number of aromatic carboxylic acids is 1. The second-order valence-corrected chi connectivity index (χ2v) is 4.58. The predicted molar refractivity (Wildman–Crippen MR) is 82.9 cm³/mol. The molecule has 0 amide bonds. The predicted octanol–water partition coefficient (Wildman–Crippen LogP) is 2.45. The summed E-state index contributed by atoms with van der Waals surface area (Å²) in [5, 5.41) is 12.0. The third-order valence-electron chi connectivity index (χ3n) is 3.14. The molecule has 0 aliphatic heterocycles. The molecular formula is C16H18N2O4. The van der Waals surface area contributed by atoms with Gasteiger partial charge < -0.3 is 19.9 Å². The van der Waals surface area contributed by atoms with Crippen molar-refractivity contribution in [2.24, 2.45) is 0 Å². The molecule has 2 aromatic rings. The Kier molecular flexibility index (Phi) is 5.19. The van der Waals surface area contributed by atoms with E-state index >= 15 is 0 Å². The topological polar surface area (TPSA) is 80.7 Å². The minimum atomic E-state index is -1.04. The van der Waals surface area contributed by atoms with Gasteiger partial charge in [-0.05, 0) is 36.2 Å². The lowest BCUT2D eigenvalue weighted by atomic mass is 10.1. The third-order valence-corrected chi connectivity index (χ3v) is 3.14. The van der Waals surface area contributed by atoms with Gasteiger partial charge in [-0.25, -0.2) is 9.78 Å². The maximum Gasteiger partial charge on any atom is 0.354 e. The molecule has 116 valence electrons. The molecule has 0 radical (unpaired) electrons. The Morgan fingerprint density at radius 2 is 1.95 bits per heavy atom. The highest BCUT2D eigenvalue weighted by Crippen LogP contribution is 2.27. The number of hydrogen-bond donors (Lipinski definition) is 2. The molecule has 2 rings (SSSR count). The van der Waals surface area contributed by atoms with Gasteiger partial charge in [-0.1, -0.05) is 12.1 Å². The molecule has 0 aliphatic carbocycles. The van der Waals surface area contributed by atoms with Crippen LogP contribution in [0.25, 0.3) is 0 Å². The van der Waals surface area contributed by atoms with Crippen LogP contribution in [0.5, 0.6) is 11.5 Å². The van der Waals surface area contributed by atoms with E-state index in [0.29, 0.717) is 23.9 Å². The molecule has 0 atom stereocenters. The molecule has 22 heavy (non-hydrogen) atoms. The van der Waals surface area contributed by atoms with Crippen LogP contribution in [0.1, 0.15) is 16.1 Å². The average Bonchev–Trinajstić information content (AvgIpc) is 2.55. The lowest BCUT2D eigenvalue weighted by Gasteiger charge is -2.10. The van der Waals surface area contributed by atoms with Crippen LogP contribution in [0.3, 0.4) is 0 Å². The molecule has 1 heterocycles. The zero-order valence-electron chi connectivity index (χ0n) is 12.5. The number of nitrogens with zero attached hydrogens (tertiary/aromatic N) is 1. The van der Waals surface area contributed by atoms with Crippen molar-refractivity contribution in [1.29, 1.82) is 0 Å². The summed E-state index contributed by atoms with van der Waals surface area (Å²) in [4.78, 5) is 14.9.